The Balaban J connectivity index is 3.14. The fraction of sp³-hybridized carbons (Fsp3) is 1.00. The molecule has 0 aliphatic carbocycles. The fourth-order valence-corrected chi connectivity index (χ4v) is 3.14. The molecule has 0 unspecified atom stereocenters. The van der Waals surface area contributed by atoms with Gasteiger partial charge < -0.3 is 0 Å². The van der Waals surface area contributed by atoms with Gasteiger partial charge in [0.25, 0.3) is 0 Å². The Labute approximate surface area is 140 Å². The maximum absolute atomic E-state index is 10.2. The van der Waals surface area contributed by atoms with E-state index >= 15 is 0 Å². The lowest BCUT2D eigenvalue weighted by Crippen LogP contribution is -2.44. The third-order valence-corrected chi connectivity index (χ3v) is 5.11. The summed E-state index contributed by atoms with van der Waals surface area (Å²) in [6.45, 7) is 9.06. The lowest BCUT2D eigenvalue weighted by atomic mass is 10.0. The van der Waals surface area contributed by atoms with E-state index in [1.807, 2.05) is 0 Å². The van der Waals surface area contributed by atoms with Crippen molar-refractivity contribution in [2.24, 2.45) is 0 Å². The molecule has 1 N–H and O–H groups in total. The second-order valence-electron chi connectivity index (χ2n) is 7.05. The lowest BCUT2D eigenvalue weighted by molar-refractivity contribution is -1.10. The summed E-state index contributed by atoms with van der Waals surface area (Å²) in [4.78, 5) is 0. The Bertz CT molecular complexity index is 214. The van der Waals surface area contributed by atoms with Gasteiger partial charge in [0.2, 0.25) is 0 Å². The molecular formula is C20H44NO+. The van der Waals surface area contributed by atoms with E-state index in [1.54, 1.807) is 0 Å². The molecule has 0 aromatic carbocycles. The second-order valence-corrected chi connectivity index (χ2v) is 7.05. The summed E-state index contributed by atoms with van der Waals surface area (Å²) in [5.74, 6) is 0. The topological polar surface area (TPSA) is 20.2 Å². The van der Waals surface area contributed by atoms with Crippen molar-refractivity contribution in [1.82, 2.24) is 0 Å². The SMILES string of the molecule is CCCCCCCCCCCCCCCC[N+](O)(CC)CC. The zero-order valence-electron chi connectivity index (χ0n) is 15.9. The van der Waals surface area contributed by atoms with Gasteiger partial charge in [-0.1, -0.05) is 84.0 Å². The number of unbranched alkanes of at least 4 members (excludes halogenated alkanes) is 13. The number of hydrogen-bond donors (Lipinski definition) is 1. The van der Waals surface area contributed by atoms with E-state index in [1.165, 1.54) is 89.9 Å². The Morgan fingerprint density at radius 1 is 0.500 bits per heavy atom. The Kier molecular flexibility index (Phi) is 15.7. The highest BCUT2D eigenvalue weighted by atomic mass is 16.5. The van der Waals surface area contributed by atoms with Crippen LogP contribution in [-0.2, 0) is 0 Å². The minimum atomic E-state index is 0.262. The van der Waals surface area contributed by atoms with Crippen LogP contribution in [-0.4, -0.2) is 29.5 Å². The molecule has 2 heteroatoms. The van der Waals surface area contributed by atoms with Crippen molar-refractivity contribution >= 4 is 0 Å². The number of quaternary nitrogens is 1. The van der Waals surface area contributed by atoms with Gasteiger partial charge in [-0.05, 0) is 26.7 Å². The van der Waals surface area contributed by atoms with E-state index in [2.05, 4.69) is 20.8 Å². The van der Waals surface area contributed by atoms with Crippen molar-refractivity contribution in [1.29, 1.82) is 0 Å². The molecule has 0 radical (unpaired) electrons. The van der Waals surface area contributed by atoms with Gasteiger partial charge in [-0.25, -0.2) is 5.21 Å². The zero-order valence-corrected chi connectivity index (χ0v) is 15.9. The van der Waals surface area contributed by atoms with E-state index in [4.69, 9.17) is 0 Å². The van der Waals surface area contributed by atoms with Crippen LogP contribution in [0.1, 0.15) is 111 Å². The Morgan fingerprint density at radius 3 is 1.14 bits per heavy atom. The molecule has 0 aliphatic rings. The number of hydroxylamine groups is 3. The molecule has 0 atom stereocenters. The molecule has 0 saturated carbocycles. The average Bonchev–Trinajstić information content (AvgIpc) is 2.55. The molecule has 2 nitrogen and oxygen atoms in total. The van der Waals surface area contributed by atoms with Crippen molar-refractivity contribution < 1.29 is 9.85 Å². The summed E-state index contributed by atoms with van der Waals surface area (Å²) in [6.07, 6.45) is 19.5. The largest absolute Gasteiger partial charge is 0.217 e. The number of nitrogens with zero attached hydrogens (tertiary/aromatic N) is 1. The van der Waals surface area contributed by atoms with Crippen molar-refractivity contribution in [3.8, 4) is 0 Å². The van der Waals surface area contributed by atoms with Gasteiger partial charge in [0, 0.05) is 0 Å². The van der Waals surface area contributed by atoms with Gasteiger partial charge in [-0.3, -0.25) is 0 Å². The first kappa shape index (κ1) is 21.9. The molecule has 0 aromatic heterocycles. The molecule has 0 spiro atoms. The Morgan fingerprint density at radius 2 is 0.818 bits per heavy atom. The average molecular weight is 315 g/mol. The summed E-state index contributed by atoms with van der Waals surface area (Å²) in [5.41, 5.74) is 0. The van der Waals surface area contributed by atoms with E-state index in [-0.39, 0.29) is 4.65 Å². The molecule has 0 aromatic rings. The first-order chi connectivity index (χ1) is 10.7. The monoisotopic (exact) mass is 314 g/mol. The van der Waals surface area contributed by atoms with Gasteiger partial charge in [-0.15, -0.1) is 0 Å². The van der Waals surface area contributed by atoms with Crippen LogP contribution in [0.15, 0.2) is 0 Å². The molecule has 134 valence electrons. The zero-order chi connectivity index (χ0) is 16.5. The maximum atomic E-state index is 10.2. The smallest absolute Gasteiger partial charge is 0.109 e. The first-order valence-corrected chi connectivity index (χ1v) is 10.3. The molecule has 0 rings (SSSR count). The van der Waals surface area contributed by atoms with Crippen molar-refractivity contribution in [2.75, 3.05) is 19.6 Å². The van der Waals surface area contributed by atoms with Crippen molar-refractivity contribution in [3.05, 3.63) is 0 Å². The van der Waals surface area contributed by atoms with Gasteiger partial charge >= 0.3 is 0 Å². The minimum absolute atomic E-state index is 0.262. The van der Waals surface area contributed by atoms with Crippen LogP contribution in [0.2, 0.25) is 0 Å². The minimum Gasteiger partial charge on any atom is -0.217 e. The van der Waals surface area contributed by atoms with Crippen LogP contribution in [0.4, 0.5) is 0 Å². The highest BCUT2D eigenvalue weighted by Crippen LogP contribution is 2.13. The number of rotatable bonds is 17. The van der Waals surface area contributed by atoms with E-state index in [0.29, 0.717) is 0 Å². The van der Waals surface area contributed by atoms with Gasteiger partial charge in [0.1, 0.15) is 19.6 Å². The molecule has 0 saturated heterocycles. The van der Waals surface area contributed by atoms with Gasteiger partial charge in [-0.2, -0.15) is 4.65 Å². The summed E-state index contributed by atoms with van der Waals surface area (Å²) in [7, 11) is 0. The van der Waals surface area contributed by atoms with Crippen LogP contribution in [0, 0.1) is 0 Å². The van der Waals surface area contributed by atoms with E-state index < -0.39 is 0 Å². The second kappa shape index (κ2) is 15.8. The van der Waals surface area contributed by atoms with Crippen LogP contribution in [0.25, 0.3) is 0 Å². The summed E-state index contributed by atoms with van der Waals surface area (Å²) in [6, 6.07) is 0. The predicted molar refractivity (Wildman–Crippen MR) is 98.3 cm³/mol. The molecule has 0 fully saturated rings. The van der Waals surface area contributed by atoms with Crippen LogP contribution >= 0.6 is 0 Å². The van der Waals surface area contributed by atoms with Crippen LogP contribution < -0.4 is 0 Å². The highest BCUT2D eigenvalue weighted by molar-refractivity contribution is 4.49. The molecule has 22 heavy (non-hydrogen) atoms. The van der Waals surface area contributed by atoms with Crippen LogP contribution in [0.3, 0.4) is 0 Å². The third kappa shape index (κ3) is 13.6. The molecule has 0 heterocycles. The molecular weight excluding hydrogens is 270 g/mol. The van der Waals surface area contributed by atoms with E-state index in [9.17, 15) is 5.21 Å². The first-order valence-electron chi connectivity index (χ1n) is 10.3. The van der Waals surface area contributed by atoms with Gasteiger partial charge in [0.05, 0.1) is 0 Å². The van der Waals surface area contributed by atoms with Crippen LogP contribution in [0.5, 0.6) is 0 Å². The highest BCUT2D eigenvalue weighted by Gasteiger charge is 2.18. The van der Waals surface area contributed by atoms with E-state index in [0.717, 1.165) is 19.6 Å². The normalized spacial score (nSPS) is 12.0. The van der Waals surface area contributed by atoms with Crippen molar-refractivity contribution in [3.63, 3.8) is 0 Å². The quantitative estimate of drug-likeness (QED) is 0.180. The third-order valence-electron chi connectivity index (χ3n) is 5.11. The number of hydrogen-bond acceptors (Lipinski definition) is 1. The standard InChI is InChI=1S/C20H44NO/c1-4-7-8-9-10-11-12-13-14-15-16-17-18-19-20-21(22,5-2)6-3/h22H,4-20H2,1-3H3/q+1. The summed E-state index contributed by atoms with van der Waals surface area (Å²) >= 11 is 0. The van der Waals surface area contributed by atoms with Gasteiger partial charge in [0.15, 0.2) is 0 Å². The Hall–Kier alpha value is -0.0800. The van der Waals surface area contributed by atoms with Crippen molar-refractivity contribution in [2.45, 2.75) is 111 Å². The molecule has 0 aliphatic heterocycles. The summed E-state index contributed by atoms with van der Waals surface area (Å²) < 4.78 is 0.262. The summed E-state index contributed by atoms with van der Waals surface area (Å²) in [5, 5.41) is 10.2. The molecule has 0 amide bonds. The molecule has 0 bridgehead atoms. The predicted octanol–water partition coefficient (Wildman–Crippen LogP) is 6.71. The maximum Gasteiger partial charge on any atom is 0.109 e. The lowest BCUT2D eigenvalue weighted by Gasteiger charge is -2.27. The fourth-order valence-electron chi connectivity index (χ4n) is 3.14.